The average Bonchev–Trinajstić information content (AvgIpc) is 2.93. The Morgan fingerprint density at radius 2 is 1.90 bits per heavy atom. The van der Waals surface area contributed by atoms with Gasteiger partial charge in [-0.15, -0.1) is 0 Å². The fraction of sp³-hybridized carbons (Fsp3) is 0.500. The summed E-state index contributed by atoms with van der Waals surface area (Å²) in [4.78, 5) is 4.49. The Hall–Kier alpha value is -1.72. The van der Waals surface area contributed by atoms with Gasteiger partial charge in [0.05, 0.1) is 0 Å². The monoisotopic (exact) mass is 289 g/mol. The lowest BCUT2D eigenvalue weighted by Gasteiger charge is -2.27. The molecule has 0 amide bonds. The summed E-state index contributed by atoms with van der Waals surface area (Å²) in [6.07, 6.45) is -0.191. The molecule has 1 aromatic heterocycles. The molecule has 0 radical (unpaired) electrons. The van der Waals surface area contributed by atoms with Gasteiger partial charge in [0.1, 0.15) is 6.10 Å². The fourth-order valence-corrected chi connectivity index (χ4v) is 2.12. The van der Waals surface area contributed by atoms with Crippen molar-refractivity contribution in [3.05, 3.63) is 35.7 Å². The molecule has 2 rings (SSSR count). The zero-order chi connectivity index (χ0) is 15.5. The molecular formula is C16H23N3O2. The highest BCUT2D eigenvalue weighted by molar-refractivity contribution is 5.53. The first-order chi connectivity index (χ1) is 9.95. The van der Waals surface area contributed by atoms with Crippen LogP contribution in [0.3, 0.4) is 0 Å². The van der Waals surface area contributed by atoms with Gasteiger partial charge in [0.25, 0.3) is 5.89 Å². The van der Waals surface area contributed by atoms with Crippen molar-refractivity contribution in [3.63, 3.8) is 0 Å². The second-order valence-corrected chi connectivity index (χ2v) is 6.06. The van der Waals surface area contributed by atoms with E-state index in [1.165, 1.54) is 0 Å². The van der Waals surface area contributed by atoms with Gasteiger partial charge < -0.3 is 15.0 Å². The number of nitrogens with zero attached hydrogens (tertiary/aromatic N) is 2. The number of hydrogen-bond donors (Lipinski definition) is 1. The maximum atomic E-state index is 5.78. The highest BCUT2D eigenvalue weighted by Gasteiger charge is 2.31. The molecule has 21 heavy (non-hydrogen) atoms. The molecule has 2 aromatic rings. The molecule has 0 fully saturated rings. The molecule has 0 aliphatic carbocycles. The molecule has 1 aromatic carbocycles. The number of ether oxygens (including phenoxy) is 1. The molecule has 0 aliphatic rings. The van der Waals surface area contributed by atoms with Crippen molar-refractivity contribution < 1.29 is 9.26 Å². The molecule has 0 saturated heterocycles. The minimum Gasteiger partial charge on any atom is -0.370 e. The fourth-order valence-electron chi connectivity index (χ4n) is 2.12. The lowest BCUT2D eigenvalue weighted by Crippen LogP contribution is -2.22. The highest BCUT2D eigenvalue weighted by atomic mass is 16.5. The van der Waals surface area contributed by atoms with Gasteiger partial charge in [-0.1, -0.05) is 38.1 Å². The van der Waals surface area contributed by atoms with Crippen LogP contribution in [0.1, 0.15) is 45.2 Å². The van der Waals surface area contributed by atoms with Gasteiger partial charge in [0.2, 0.25) is 5.82 Å². The summed E-state index contributed by atoms with van der Waals surface area (Å²) in [7, 11) is 0. The molecule has 0 aliphatic heterocycles. The van der Waals surface area contributed by atoms with Gasteiger partial charge in [-0.25, -0.2) is 0 Å². The summed E-state index contributed by atoms with van der Waals surface area (Å²) < 4.78 is 11.2. The van der Waals surface area contributed by atoms with Crippen LogP contribution in [0.5, 0.6) is 0 Å². The molecule has 0 spiro atoms. The van der Waals surface area contributed by atoms with E-state index < -0.39 is 0 Å². The van der Waals surface area contributed by atoms with Crippen LogP contribution >= 0.6 is 0 Å². The first-order valence-corrected chi connectivity index (χ1v) is 7.20. The second kappa shape index (κ2) is 6.37. The lowest BCUT2D eigenvalue weighted by atomic mass is 9.88. The van der Waals surface area contributed by atoms with Crippen molar-refractivity contribution in [2.75, 3.05) is 6.61 Å². The molecular weight excluding hydrogens is 266 g/mol. The van der Waals surface area contributed by atoms with Crippen LogP contribution in [0.2, 0.25) is 0 Å². The van der Waals surface area contributed by atoms with Gasteiger partial charge in [0, 0.05) is 18.7 Å². The van der Waals surface area contributed by atoms with Gasteiger partial charge in [0.15, 0.2) is 0 Å². The number of nitrogens with two attached hydrogens (primary N) is 1. The third-order valence-corrected chi connectivity index (χ3v) is 3.23. The molecule has 0 saturated carbocycles. The van der Waals surface area contributed by atoms with Crippen LogP contribution in [-0.2, 0) is 11.3 Å². The largest absolute Gasteiger partial charge is 0.370 e. The lowest BCUT2D eigenvalue weighted by molar-refractivity contribution is -0.0203. The second-order valence-electron chi connectivity index (χ2n) is 6.06. The summed E-state index contributed by atoms with van der Waals surface area (Å²) in [5.74, 6) is 1.09. The molecule has 1 heterocycles. The van der Waals surface area contributed by atoms with Gasteiger partial charge in [-0.2, -0.15) is 4.98 Å². The van der Waals surface area contributed by atoms with Crippen LogP contribution in [0.15, 0.2) is 28.8 Å². The molecule has 2 N–H and O–H groups in total. The Balaban J connectivity index is 2.27. The Morgan fingerprint density at radius 3 is 2.43 bits per heavy atom. The minimum absolute atomic E-state index is 0.0967. The molecule has 114 valence electrons. The van der Waals surface area contributed by atoms with Crippen LogP contribution in [0.4, 0.5) is 0 Å². The first kappa shape index (κ1) is 15.7. The Morgan fingerprint density at radius 1 is 1.24 bits per heavy atom. The van der Waals surface area contributed by atoms with E-state index in [4.69, 9.17) is 15.0 Å². The van der Waals surface area contributed by atoms with Crippen LogP contribution in [0, 0.1) is 5.41 Å². The smallest absolute Gasteiger partial charge is 0.258 e. The summed E-state index contributed by atoms with van der Waals surface area (Å²) in [6.45, 7) is 9.38. The van der Waals surface area contributed by atoms with Crippen molar-refractivity contribution in [1.82, 2.24) is 10.1 Å². The SMILES string of the molecule is CCOC(c1noc(-c2ccc(CN)cc2)n1)C(C)(C)C. The summed E-state index contributed by atoms with van der Waals surface area (Å²) in [5, 5.41) is 4.08. The van der Waals surface area contributed by atoms with E-state index in [2.05, 4.69) is 30.9 Å². The van der Waals surface area contributed by atoms with Gasteiger partial charge in [-0.05, 0) is 30.0 Å². The van der Waals surface area contributed by atoms with Crippen LogP contribution in [0.25, 0.3) is 11.5 Å². The molecule has 1 unspecified atom stereocenters. The summed E-state index contributed by atoms with van der Waals surface area (Å²) in [5.41, 5.74) is 7.45. The third kappa shape index (κ3) is 3.68. The van der Waals surface area contributed by atoms with Crippen molar-refractivity contribution in [1.29, 1.82) is 0 Å². The number of benzene rings is 1. The zero-order valence-corrected chi connectivity index (χ0v) is 13.1. The van der Waals surface area contributed by atoms with E-state index in [-0.39, 0.29) is 11.5 Å². The van der Waals surface area contributed by atoms with E-state index in [0.29, 0.717) is 24.9 Å². The predicted molar refractivity (Wildman–Crippen MR) is 81.4 cm³/mol. The van der Waals surface area contributed by atoms with E-state index in [0.717, 1.165) is 11.1 Å². The van der Waals surface area contributed by atoms with Gasteiger partial charge >= 0.3 is 0 Å². The van der Waals surface area contributed by atoms with Crippen LogP contribution < -0.4 is 5.73 Å². The predicted octanol–water partition coefficient (Wildman–Crippen LogP) is 3.32. The van der Waals surface area contributed by atoms with E-state index in [1.54, 1.807) is 0 Å². The topological polar surface area (TPSA) is 74.2 Å². The zero-order valence-electron chi connectivity index (χ0n) is 13.1. The van der Waals surface area contributed by atoms with Crippen molar-refractivity contribution in [2.45, 2.75) is 40.3 Å². The quantitative estimate of drug-likeness (QED) is 0.914. The third-order valence-electron chi connectivity index (χ3n) is 3.23. The highest BCUT2D eigenvalue weighted by Crippen LogP contribution is 2.35. The molecule has 0 bridgehead atoms. The number of aromatic nitrogens is 2. The van der Waals surface area contributed by atoms with E-state index >= 15 is 0 Å². The summed E-state index contributed by atoms with van der Waals surface area (Å²) >= 11 is 0. The Labute approximate surface area is 125 Å². The number of hydrogen-bond acceptors (Lipinski definition) is 5. The minimum atomic E-state index is -0.191. The average molecular weight is 289 g/mol. The van der Waals surface area contributed by atoms with Gasteiger partial charge in [-0.3, -0.25) is 0 Å². The van der Waals surface area contributed by atoms with Crippen molar-refractivity contribution in [3.8, 4) is 11.5 Å². The molecule has 1 atom stereocenters. The Kier molecular flexibility index (Phi) is 4.75. The van der Waals surface area contributed by atoms with Crippen molar-refractivity contribution in [2.24, 2.45) is 11.1 Å². The van der Waals surface area contributed by atoms with E-state index in [9.17, 15) is 0 Å². The molecule has 5 nitrogen and oxygen atoms in total. The maximum Gasteiger partial charge on any atom is 0.258 e. The number of rotatable bonds is 5. The van der Waals surface area contributed by atoms with Crippen LogP contribution in [-0.4, -0.2) is 16.7 Å². The normalized spacial score (nSPS) is 13.4. The maximum absolute atomic E-state index is 5.78. The Bertz CT molecular complexity index is 570. The summed E-state index contributed by atoms with van der Waals surface area (Å²) in [6, 6.07) is 7.80. The standard InChI is InChI=1S/C16H23N3O2/c1-5-20-13(16(2,3)4)14-18-15(21-19-14)12-8-6-11(10-17)7-9-12/h6-9,13H,5,10,17H2,1-4H3. The van der Waals surface area contributed by atoms with E-state index in [1.807, 2.05) is 31.2 Å². The first-order valence-electron chi connectivity index (χ1n) is 7.20. The molecule has 5 heteroatoms. The van der Waals surface area contributed by atoms with Crippen molar-refractivity contribution >= 4 is 0 Å².